The number of hydrogen-bond donors (Lipinski definition) is 2. The second-order valence-corrected chi connectivity index (χ2v) is 6.93. The zero-order valence-electron chi connectivity index (χ0n) is 14.6. The van der Waals surface area contributed by atoms with Gasteiger partial charge in [-0.05, 0) is 54.2 Å². The van der Waals surface area contributed by atoms with Crippen molar-refractivity contribution in [3.8, 4) is 11.5 Å². The Bertz CT molecular complexity index is 827. The molecule has 1 amide bonds. The fourth-order valence-electron chi connectivity index (χ4n) is 3.53. The summed E-state index contributed by atoms with van der Waals surface area (Å²) in [7, 11) is -0.845. The number of amides is 1. The molecule has 1 saturated heterocycles. The molecule has 2 heterocycles. The molecule has 6 nitrogen and oxygen atoms in total. The number of nitrogens with zero attached hydrogens (tertiary/aromatic N) is 1. The summed E-state index contributed by atoms with van der Waals surface area (Å²) in [4.78, 5) is 13.9. The Morgan fingerprint density at radius 2 is 2.00 bits per heavy atom. The number of nitrogens with two attached hydrogens (primary N) is 1. The third kappa shape index (κ3) is 3.21. The lowest BCUT2D eigenvalue weighted by molar-refractivity contribution is -0.130. The number of likely N-dealkylation sites (tertiary alicyclic amines) is 1. The zero-order chi connectivity index (χ0) is 18.3. The maximum atomic E-state index is 12.1. The molecule has 2 aliphatic rings. The first-order chi connectivity index (χ1) is 12.5. The van der Waals surface area contributed by atoms with Crippen LogP contribution in [-0.2, 0) is 22.6 Å². The predicted molar refractivity (Wildman–Crippen MR) is 98.0 cm³/mol. The average molecular weight is 352 g/mol. The van der Waals surface area contributed by atoms with E-state index in [1.54, 1.807) is 0 Å². The summed E-state index contributed by atoms with van der Waals surface area (Å²) < 4.78 is 11.1. The molecule has 2 aromatic carbocycles. The Labute approximate surface area is 152 Å². The van der Waals surface area contributed by atoms with Gasteiger partial charge >= 0.3 is 7.12 Å². The summed E-state index contributed by atoms with van der Waals surface area (Å²) in [6, 6.07) is 13.0. The molecule has 1 fully saturated rings. The number of benzene rings is 2. The summed E-state index contributed by atoms with van der Waals surface area (Å²) in [5, 5.41) is 9.66. The van der Waals surface area contributed by atoms with Crippen LogP contribution in [0.3, 0.4) is 0 Å². The van der Waals surface area contributed by atoms with Crippen LogP contribution in [0.5, 0.6) is 11.5 Å². The highest BCUT2D eigenvalue weighted by Gasteiger charge is 2.34. The van der Waals surface area contributed by atoms with E-state index >= 15 is 0 Å². The van der Waals surface area contributed by atoms with Gasteiger partial charge in [0, 0.05) is 12.6 Å². The summed E-state index contributed by atoms with van der Waals surface area (Å²) >= 11 is 0. The highest BCUT2D eigenvalue weighted by atomic mass is 16.5. The highest BCUT2D eigenvalue weighted by molar-refractivity contribution is 6.61. The fourth-order valence-corrected chi connectivity index (χ4v) is 3.53. The lowest BCUT2D eigenvalue weighted by Crippen LogP contribution is -2.35. The van der Waals surface area contributed by atoms with E-state index in [0.29, 0.717) is 31.1 Å². The Kier molecular flexibility index (Phi) is 4.44. The van der Waals surface area contributed by atoms with Gasteiger partial charge < -0.3 is 25.0 Å². The third-order valence-electron chi connectivity index (χ3n) is 5.02. The first kappa shape index (κ1) is 17.1. The maximum absolute atomic E-state index is 12.1. The third-order valence-corrected chi connectivity index (χ3v) is 5.02. The van der Waals surface area contributed by atoms with Crippen LogP contribution in [0.25, 0.3) is 0 Å². The van der Waals surface area contributed by atoms with Gasteiger partial charge in [0.05, 0.1) is 12.6 Å². The summed E-state index contributed by atoms with van der Waals surface area (Å²) in [5.74, 6) is 1.43. The van der Waals surface area contributed by atoms with Crippen molar-refractivity contribution in [2.75, 3.05) is 0 Å². The van der Waals surface area contributed by atoms with Gasteiger partial charge in [0.25, 0.3) is 0 Å². The van der Waals surface area contributed by atoms with Crippen LogP contribution in [0.15, 0.2) is 42.5 Å². The minimum Gasteiger partial charge on any atom is -0.457 e. The molecule has 1 unspecified atom stereocenters. The van der Waals surface area contributed by atoms with Crippen molar-refractivity contribution < 1.29 is 19.2 Å². The molecular formula is C19H21BN2O4. The van der Waals surface area contributed by atoms with Gasteiger partial charge in [0.15, 0.2) is 0 Å². The standard InChI is InChI=1S/C19H21BN2O4/c1-12-8-18(21)19(23)22(12)10-13-2-4-15(5-3-13)26-16-6-7-17-14(9-16)11-25-20(17)24/h2-7,9,12,18,24H,8,10-11,21H2,1H3/t12?,18-/m1/s1. The van der Waals surface area contributed by atoms with Crippen molar-refractivity contribution in [1.82, 2.24) is 4.90 Å². The largest absolute Gasteiger partial charge is 0.491 e. The molecule has 0 bridgehead atoms. The number of rotatable bonds is 4. The number of carbonyl (C=O) groups excluding carboxylic acids is 1. The van der Waals surface area contributed by atoms with E-state index in [-0.39, 0.29) is 18.0 Å². The molecule has 0 saturated carbocycles. The van der Waals surface area contributed by atoms with Crippen LogP contribution in [0.1, 0.15) is 24.5 Å². The molecule has 4 rings (SSSR count). The Morgan fingerprint density at radius 1 is 1.27 bits per heavy atom. The molecule has 7 heteroatoms. The smallest absolute Gasteiger partial charge is 0.457 e. The first-order valence-electron chi connectivity index (χ1n) is 8.76. The van der Waals surface area contributed by atoms with E-state index in [9.17, 15) is 9.82 Å². The molecule has 2 aliphatic heterocycles. The van der Waals surface area contributed by atoms with Crippen molar-refractivity contribution >= 4 is 18.5 Å². The minimum atomic E-state index is -0.845. The van der Waals surface area contributed by atoms with Gasteiger partial charge in [-0.3, -0.25) is 4.79 Å². The van der Waals surface area contributed by atoms with Crippen molar-refractivity contribution in [2.24, 2.45) is 5.73 Å². The van der Waals surface area contributed by atoms with E-state index in [1.165, 1.54) is 0 Å². The van der Waals surface area contributed by atoms with Gasteiger partial charge in [-0.25, -0.2) is 0 Å². The quantitative estimate of drug-likeness (QED) is 0.807. The Morgan fingerprint density at radius 3 is 2.69 bits per heavy atom. The van der Waals surface area contributed by atoms with Crippen LogP contribution >= 0.6 is 0 Å². The molecule has 3 N–H and O–H groups in total. The Hall–Kier alpha value is -2.35. The molecule has 0 aromatic heterocycles. The monoisotopic (exact) mass is 352 g/mol. The fraction of sp³-hybridized carbons (Fsp3) is 0.316. The second kappa shape index (κ2) is 6.76. The SMILES string of the molecule is CC1C[C@@H](N)C(=O)N1Cc1ccc(Oc2ccc3c(c2)COB3O)cc1. The summed E-state index contributed by atoms with van der Waals surface area (Å²) in [6.45, 7) is 2.97. The Balaban J connectivity index is 1.43. The van der Waals surface area contributed by atoms with E-state index in [2.05, 4.69) is 0 Å². The lowest BCUT2D eigenvalue weighted by Gasteiger charge is -2.21. The van der Waals surface area contributed by atoms with E-state index < -0.39 is 7.12 Å². The molecule has 2 atom stereocenters. The van der Waals surface area contributed by atoms with Crippen molar-refractivity contribution in [1.29, 1.82) is 0 Å². The zero-order valence-corrected chi connectivity index (χ0v) is 14.6. The van der Waals surface area contributed by atoms with Gasteiger partial charge in [-0.15, -0.1) is 0 Å². The summed E-state index contributed by atoms with van der Waals surface area (Å²) in [6.07, 6.45) is 0.705. The first-order valence-corrected chi connectivity index (χ1v) is 8.76. The molecule has 0 spiro atoms. The molecule has 2 aromatic rings. The molecule has 26 heavy (non-hydrogen) atoms. The number of ether oxygens (including phenoxy) is 1. The van der Waals surface area contributed by atoms with Crippen molar-refractivity contribution in [3.05, 3.63) is 53.6 Å². The van der Waals surface area contributed by atoms with Crippen molar-refractivity contribution in [2.45, 2.75) is 38.6 Å². The summed E-state index contributed by atoms with van der Waals surface area (Å²) in [5.41, 5.74) is 8.60. The number of fused-ring (bicyclic) bond motifs is 1. The minimum absolute atomic E-state index is 0.0142. The molecule has 0 aliphatic carbocycles. The average Bonchev–Trinajstić information content (AvgIpc) is 3.11. The van der Waals surface area contributed by atoms with Crippen LogP contribution in [-0.4, -0.2) is 35.0 Å². The van der Waals surface area contributed by atoms with E-state index in [4.69, 9.17) is 15.1 Å². The normalized spacial score (nSPS) is 22.0. The topological polar surface area (TPSA) is 85.0 Å². The van der Waals surface area contributed by atoms with Crippen LogP contribution in [0.2, 0.25) is 0 Å². The number of carbonyl (C=O) groups is 1. The van der Waals surface area contributed by atoms with Crippen LogP contribution < -0.4 is 15.9 Å². The van der Waals surface area contributed by atoms with Gasteiger partial charge in [-0.2, -0.15) is 0 Å². The van der Waals surface area contributed by atoms with Crippen LogP contribution in [0.4, 0.5) is 0 Å². The van der Waals surface area contributed by atoms with Crippen LogP contribution in [0, 0.1) is 0 Å². The highest BCUT2D eigenvalue weighted by Crippen LogP contribution is 2.25. The van der Waals surface area contributed by atoms with Gasteiger partial charge in [0.1, 0.15) is 11.5 Å². The molecule has 134 valence electrons. The van der Waals surface area contributed by atoms with Gasteiger partial charge in [0.2, 0.25) is 5.91 Å². The molecule has 0 radical (unpaired) electrons. The lowest BCUT2D eigenvalue weighted by atomic mass is 9.80. The maximum Gasteiger partial charge on any atom is 0.491 e. The van der Waals surface area contributed by atoms with E-state index in [1.807, 2.05) is 54.3 Å². The second-order valence-electron chi connectivity index (χ2n) is 6.93. The predicted octanol–water partition coefficient (Wildman–Crippen LogP) is 1.14. The molecular weight excluding hydrogens is 331 g/mol. The van der Waals surface area contributed by atoms with Gasteiger partial charge in [-0.1, -0.05) is 18.2 Å². The van der Waals surface area contributed by atoms with Crippen molar-refractivity contribution in [3.63, 3.8) is 0 Å². The number of hydrogen-bond acceptors (Lipinski definition) is 5. The van der Waals surface area contributed by atoms with E-state index in [0.717, 1.165) is 16.6 Å².